The molecule has 0 aliphatic carbocycles. The van der Waals surface area contributed by atoms with Crippen LogP contribution in [0.2, 0.25) is 0 Å². The molecular formula is C47H49BN2S3. The van der Waals surface area contributed by atoms with Crippen molar-refractivity contribution in [2.45, 2.75) is 42.9 Å². The Labute approximate surface area is 323 Å². The lowest BCUT2D eigenvalue weighted by molar-refractivity contribution is 0.590. The normalized spacial score (nSPS) is 14.7. The van der Waals surface area contributed by atoms with E-state index < -0.39 is 20.1 Å². The van der Waals surface area contributed by atoms with Crippen LogP contribution in [0.1, 0.15) is 31.9 Å². The second-order valence-corrected chi connectivity index (χ2v) is 26.9. The summed E-state index contributed by atoms with van der Waals surface area (Å²) in [4.78, 5) is 8.05. The highest BCUT2D eigenvalue weighted by molar-refractivity contribution is 8.32. The zero-order chi connectivity index (χ0) is 37.2. The summed E-state index contributed by atoms with van der Waals surface area (Å²) in [6.07, 6.45) is 14.4. The average molecular weight is 749 g/mol. The number of hydrogen-bond donors (Lipinski definition) is 0. The molecule has 2 aliphatic heterocycles. The van der Waals surface area contributed by atoms with Crippen molar-refractivity contribution in [3.05, 3.63) is 126 Å². The summed E-state index contributed by atoms with van der Waals surface area (Å²) >= 11 is 1.92. The molecule has 6 heteroatoms. The first-order chi connectivity index (χ1) is 25.1. The first-order valence-corrected chi connectivity index (χ1v) is 25.0. The molecule has 53 heavy (non-hydrogen) atoms. The summed E-state index contributed by atoms with van der Waals surface area (Å²) in [5, 5.41) is 2.67. The van der Waals surface area contributed by atoms with Crippen LogP contribution in [-0.4, -0.2) is 44.2 Å². The van der Waals surface area contributed by atoms with Gasteiger partial charge < -0.3 is 9.80 Å². The summed E-state index contributed by atoms with van der Waals surface area (Å²) in [7, 11) is -1.83. The van der Waals surface area contributed by atoms with Gasteiger partial charge in [0.05, 0.1) is 0 Å². The Morgan fingerprint density at radius 2 is 1.09 bits per heavy atom. The van der Waals surface area contributed by atoms with Crippen LogP contribution in [0.15, 0.2) is 125 Å². The van der Waals surface area contributed by atoms with Gasteiger partial charge in [-0.15, -0.1) is 11.3 Å². The second kappa shape index (κ2) is 12.0. The predicted octanol–water partition coefficient (Wildman–Crippen LogP) is 11.8. The predicted molar refractivity (Wildman–Crippen MR) is 244 cm³/mol. The molecule has 0 radical (unpaired) electrons. The quantitative estimate of drug-likeness (QED) is 0.165. The van der Waals surface area contributed by atoms with Crippen LogP contribution in [0, 0.1) is 6.92 Å². The van der Waals surface area contributed by atoms with Crippen LogP contribution in [0.4, 0.5) is 34.1 Å². The maximum atomic E-state index is 2.58. The maximum Gasteiger partial charge on any atom is 0.252 e. The molecular weight excluding hydrogens is 700 g/mol. The molecule has 0 fully saturated rings. The van der Waals surface area contributed by atoms with E-state index in [1.807, 2.05) is 11.3 Å². The molecule has 9 rings (SSSR count). The van der Waals surface area contributed by atoms with Crippen LogP contribution < -0.4 is 26.2 Å². The zero-order valence-electron chi connectivity index (χ0n) is 32.7. The molecule has 2 nitrogen and oxygen atoms in total. The number of hydrogen-bond acceptors (Lipinski definition) is 3. The van der Waals surface area contributed by atoms with Crippen molar-refractivity contribution >= 4 is 109 Å². The molecule has 1 aromatic heterocycles. The first-order valence-electron chi connectivity index (χ1n) is 18.5. The molecule has 0 amide bonds. The van der Waals surface area contributed by atoms with E-state index in [9.17, 15) is 0 Å². The molecule has 7 aromatic rings. The Balaban J connectivity index is 1.43. The van der Waals surface area contributed by atoms with E-state index in [1.165, 1.54) is 91.6 Å². The number of rotatable bonds is 4. The largest absolute Gasteiger partial charge is 0.311 e. The number of thiophene rings is 1. The lowest BCUT2D eigenvalue weighted by Crippen LogP contribution is -2.61. The third-order valence-corrected chi connectivity index (χ3v) is 15.7. The molecule has 0 unspecified atom stereocenters. The molecule has 0 saturated heterocycles. The van der Waals surface area contributed by atoms with Crippen LogP contribution in [0.25, 0.3) is 20.2 Å². The molecule has 268 valence electrons. The number of benzene rings is 6. The summed E-state index contributed by atoms with van der Waals surface area (Å²) in [6.45, 7) is 9.34. The van der Waals surface area contributed by atoms with E-state index in [2.05, 4.69) is 190 Å². The Kier molecular flexibility index (Phi) is 7.82. The standard InChI is InChI=1S/C47H49BN2S3/c1-30-15-17-32(18-16-30)50-41-28-37-36-13-11-12-14-44(36)51-45(37)29-39(41)48-38-27-35(53(8,9)10)23-24-40(38)49(33-19-21-34(22-20-33)52(5,6)7)42-25-31(47(2,3)4)26-43(50)46(42)48/h11-29H,1-10H3. The molecule has 0 N–H and O–H groups in total. The van der Waals surface area contributed by atoms with Gasteiger partial charge in [-0.1, -0.05) is 62.7 Å². The van der Waals surface area contributed by atoms with E-state index in [4.69, 9.17) is 0 Å². The first kappa shape index (κ1) is 34.7. The van der Waals surface area contributed by atoms with Gasteiger partial charge in [-0.25, -0.2) is 20.1 Å². The number of aryl methyl sites for hydroxylation is 1. The fourth-order valence-corrected chi connectivity index (χ4v) is 11.3. The number of nitrogens with zero attached hydrogens (tertiary/aromatic N) is 2. The van der Waals surface area contributed by atoms with E-state index in [0.717, 1.165) is 0 Å². The molecule has 0 atom stereocenters. The minimum absolute atomic E-state index is 0.0569. The monoisotopic (exact) mass is 748 g/mol. The molecule has 2 aliphatic rings. The molecule has 0 spiro atoms. The lowest BCUT2D eigenvalue weighted by Gasteiger charge is -2.45. The highest BCUT2D eigenvalue weighted by atomic mass is 32.3. The number of fused-ring (bicyclic) bond motifs is 7. The minimum Gasteiger partial charge on any atom is -0.311 e. The van der Waals surface area contributed by atoms with Gasteiger partial charge in [-0.2, -0.15) is 0 Å². The van der Waals surface area contributed by atoms with Crippen molar-refractivity contribution in [1.82, 2.24) is 0 Å². The van der Waals surface area contributed by atoms with Gasteiger partial charge >= 0.3 is 0 Å². The fraction of sp³-hybridized carbons (Fsp3) is 0.234. The minimum atomic E-state index is -0.979. The van der Waals surface area contributed by atoms with Gasteiger partial charge in [0.25, 0.3) is 6.71 Å². The number of anilines is 6. The molecule has 0 bridgehead atoms. The molecule has 6 aromatic carbocycles. The average Bonchev–Trinajstić information content (AvgIpc) is 3.47. The Hall–Kier alpha value is -4.10. The van der Waals surface area contributed by atoms with Crippen molar-refractivity contribution < 1.29 is 0 Å². The Bertz CT molecular complexity index is 2580. The topological polar surface area (TPSA) is 6.48 Å². The van der Waals surface area contributed by atoms with Gasteiger partial charge in [0.2, 0.25) is 0 Å². The third-order valence-electron chi connectivity index (χ3n) is 11.2. The van der Waals surface area contributed by atoms with Gasteiger partial charge in [-0.3, -0.25) is 0 Å². The van der Waals surface area contributed by atoms with E-state index in [0.29, 0.717) is 0 Å². The van der Waals surface area contributed by atoms with E-state index >= 15 is 0 Å². The van der Waals surface area contributed by atoms with Crippen LogP contribution in [0.3, 0.4) is 0 Å². The van der Waals surface area contributed by atoms with Gasteiger partial charge in [0.1, 0.15) is 0 Å². The van der Waals surface area contributed by atoms with Crippen LogP contribution >= 0.6 is 31.4 Å². The third kappa shape index (κ3) is 5.63. The van der Waals surface area contributed by atoms with Gasteiger partial charge in [-0.05, 0) is 160 Å². The highest BCUT2D eigenvalue weighted by Crippen LogP contribution is 2.51. The van der Waals surface area contributed by atoms with Crippen molar-refractivity contribution in [1.29, 1.82) is 0 Å². The lowest BCUT2D eigenvalue weighted by atomic mass is 9.33. The fourth-order valence-electron chi connectivity index (χ4n) is 8.26. The summed E-state index contributed by atoms with van der Waals surface area (Å²) in [5.41, 5.74) is 14.3. The van der Waals surface area contributed by atoms with Crippen molar-refractivity contribution in [3.63, 3.8) is 0 Å². The SMILES string of the molecule is Cc1ccc(N2c3cc4c(cc3B3c5cc(S(C)(C)C)ccc5N(c5ccc(S(C)(C)C)cc5)c5cc(C(C)(C)C)cc2c53)sc2ccccc24)cc1. The zero-order valence-corrected chi connectivity index (χ0v) is 35.1. The highest BCUT2D eigenvalue weighted by Gasteiger charge is 2.44. The Morgan fingerprint density at radius 3 is 1.72 bits per heavy atom. The van der Waals surface area contributed by atoms with E-state index in [1.54, 1.807) is 0 Å². The maximum absolute atomic E-state index is 2.58. The Morgan fingerprint density at radius 1 is 0.528 bits per heavy atom. The van der Waals surface area contributed by atoms with E-state index in [-0.39, 0.29) is 12.1 Å². The summed E-state index contributed by atoms with van der Waals surface area (Å²) in [5.74, 6) is 0. The van der Waals surface area contributed by atoms with Gasteiger partial charge in [0.15, 0.2) is 0 Å². The summed E-state index contributed by atoms with van der Waals surface area (Å²) < 4.78 is 2.70. The van der Waals surface area contributed by atoms with Crippen molar-refractivity contribution in [2.75, 3.05) is 47.3 Å². The molecule has 3 heterocycles. The second-order valence-electron chi connectivity index (χ2n) is 17.5. The van der Waals surface area contributed by atoms with Crippen molar-refractivity contribution in [3.8, 4) is 0 Å². The summed E-state index contributed by atoms with van der Waals surface area (Å²) in [6, 6.07) is 45.0. The van der Waals surface area contributed by atoms with Crippen LogP contribution in [0.5, 0.6) is 0 Å². The smallest absolute Gasteiger partial charge is 0.252 e. The van der Waals surface area contributed by atoms with Crippen LogP contribution in [-0.2, 0) is 5.41 Å². The van der Waals surface area contributed by atoms with Gasteiger partial charge in [0, 0.05) is 54.3 Å². The van der Waals surface area contributed by atoms with Crippen molar-refractivity contribution in [2.24, 2.45) is 0 Å². The molecule has 0 saturated carbocycles.